The van der Waals surface area contributed by atoms with E-state index < -0.39 is 0 Å². The molecule has 2 nitrogen and oxygen atoms in total. The van der Waals surface area contributed by atoms with E-state index in [-0.39, 0.29) is 5.82 Å². The fraction of sp³-hybridized carbons (Fsp3) is 0.368. The fourth-order valence-electron chi connectivity index (χ4n) is 2.58. The van der Waals surface area contributed by atoms with E-state index in [1.54, 1.807) is 6.07 Å². The minimum absolute atomic E-state index is 0.132. The van der Waals surface area contributed by atoms with Gasteiger partial charge in [0.25, 0.3) is 0 Å². The van der Waals surface area contributed by atoms with Crippen LogP contribution < -0.4 is 11.1 Å². The lowest BCUT2D eigenvalue weighted by atomic mass is 10.0. The van der Waals surface area contributed by atoms with Gasteiger partial charge in [0.15, 0.2) is 0 Å². The van der Waals surface area contributed by atoms with Gasteiger partial charge in [0.05, 0.1) is 0 Å². The molecule has 3 N–H and O–H groups in total. The smallest absolute Gasteiger partial charge is 0.126 e. The minimum atomic E-state index is -0.132. The minimum Gasteiger partial charge on any atom is -0.399 e. The van der Waals surface area contributed by atoms with E-state index in [9.17, 15) is 4.39 Å². The highest BCUT2D eigenvalue weighted by Gasteiger charge is 2.05. The van der Waals surface area contributed by atoms with E-state index in [2.05, 4.69) is 24.4 Å². The quantitative estimate of drug-likeness (QED) is 0.602. The van der Waals surface area contributed by atoms with Crippen molar-refractivity contribution in [1.82, 2.24) is 5.32 Å². The molecule has 22 heavy (non-hydrogen) atoms. The summed E-state index contributed by atoms with van der Waals surface area (Å²) in [5, 5.41) is 3.53. The summed E-state index contributed by atoms with van der Waals surface area (Å²) < 4.78 is 13.2. The van der Waals surface area contributed by atoms with Crippen LogP contribution in [0.3, 0.4) is 0 Å². The highest BCUT2D eigenvalue weighted by molar-refractivity contribution is 5.39. The maximum Gasteiger partial charge on any atom is 0.126 e. The van der Waals surface area contributed by atoms with Crippen LogP contribution in [0.25, 0.3) is 0 Å². The molecule has 118 valence electrons. The molecular formula is C19H25FN2. The Labute approximate surface area is 132 Å². The normalized spacial score (nSPS) is 12.3. The van der Waals surface area contributed by atoms with Gasteiger partial charge in [0.2, 0.25) is 0 Å². The van der Waals surface area contributed by atoms with Crippen LogP contribution in [0.2, 0.25) is 0 Å². The lowest BCUT2D eigenvalue weighted by molar-refractivity contribution is 0.533. The van der Waals surface area contributed by atoms with Gasteiger partial charge in [-0.3, -0.25) is 0 Å². The number of hydrogen-bond acceptors (Lipinski definition) is 2. The monoisotopic (exact) mass is 300 g/mol. The van der Waals surface area contributed by atoms with Gasteiger partial charge >= 0.3 is 0 Å². The average molecular weight is 300 g/mol. The molecule has 2 rings (SSSR count). The fourth-order valence-corrected chi connectivity index (χ4v) is 2.58. The van der Waals surface area contributed by atoms with Crippen molar-refractivity contribution in [3.05, 3.63) is 65.0 Å². The summed E-state index contributed by atoms with van der Waals surface area (Å²) in [5.74, 6) is -0.132. The number of aryl methyl sites for hydroxylation is 2. The van der Waals surface area contributed by atoms with Crippen molar-refractivity contribution in [3.63, 3.8) is 0 Å². The van der Waals surface area contributed by atoms with E-state index in [1.807, 2.05) is 31.2 Å². The number of hydrogen-bond donors (Lipinski definition) is 2. The van der Waals surface area contributed by atoms with Crippen molar-refractivity contribution in [2.45, 2.75) is 39.2 Å². The lowest BCUT2D eigenvalue weighted by Gasteiger charge is -2.14. The Hall–Kier alpha value is -1.87. The summed E-state index contributed by atoms with van der Waals surface area (Å²) in [4.78, 5) is 0. The largest absolute Gasteiger partial charge is 0.399 e. The molecule has 0 amide bonds. The van der Waals surface area contributed by atoms with Crippen molar-refractivity contribution >= 4 is 5.69 Å². The first-order chi connectivity index (χ1) is 10.5. The molecule has 0 aliphatic carbocycles. The van der Waals surface area contributed by atoms with Gasteiger partial charge in [-0.05, 0) is 74.5 Å². The summed E-state index contributed by atoms with van der Waals surface area (Å²) in [7, 11) is 0. The van der Waals surface area contributed by atoms with Crippen LogP contribution in [0.5, 0.6) is 0 Å². The summed E-state index contributed by atoms with van der Waals surface area (Å²) in [6.07, 6.45) is 3.06. The molecule has 0 saturated heterocycles. The van der Waals surface area contributed by atoms with Gasteiger partial charge in [-0.2, -0.15) is 0 Å². The Bertz CT molecular complexity index is 593. The predicted molar refractivity (Wildman–Crippen MR) is 91.5 cm³/mol. The molecule has 0 spiro atoms. The van der Waals surface area contributed by atoms with Crippen LogP contribution in [-0.2, 0) is 12.8 Å². The van der Waals surface area contributed by atoms with Crippen LogP contribution in [0.1, 0.15) is 30.0 Å². The van der Waals surface area contributed by atoms with Crippen molar-refractivity contribution in [2.24, 2.45) is 0 Å². The maximum atomic E-state index is 13.2. The second-order valence-electron chi connectivity index (χ2n) is 5.99. The van der Waals surface area contributed by atoms with Crippen LogP contribution >= 0.6 is 0 Å². The summed E-state index contributed by atoms with van der Waals surface area (Å²) in [5.41, 5.74) is 9.70. The molecule has 0 radical (unpaired) electrons. The zero-order valence-electron chi connectivity index (χ0n) is 13.4. The predicted octanol–water partition coefficient (Wildman–Crippen LogP) is 3.87. The highest BCUT2D eigenvalue weighted by Crippen LogP contribution is 2.11. The van der Waals surface area contributed by atoms with Crippen LogP contribution in [0, 0.1) is 12.7 Å². The van der Waals surface area contributed by atoms with Gasteiger partial charge in [-0.15, -0.1) is 0 Å². The van der Waals surface area contributed by atoms with E-state index in [0.29, 0.717) is 11.6 Å². The van der Waals surface area contributed by atoms with Crippen LogP contribution in [-0.4, -0.2) is 12.6 Å². The second-order valence-corrected chi connectivity index (χ2v) is 5.99. The third kappa shape index (κ3) is 5.15. The number of halogens is 1. The van der Waals surface area contributed by atoms with Gasteiger partial charge in [0, 0.05) is 11.7 Å². The molecule has 3 heteroatoms. The molecule has 0 fully saturated rings. The first-order valence-electron chi connectivity index (χ1n) is 7.87. The molecule has 0 aliphatic heterocycles. The molecule has 0 bridgehead atoms. The number of benzene rings is 2. The summed E-state index contributed by atoms with van der Waals surface area (Å²) in [6.45, 7) is 4.96. The first-order valence-corrected chi connectivity index (χ1v) is 7.87. The van der Waals surface area contributed by atoms with E-state index in [1.165, 1.54) is 11.1 Å². The van der Waals surface area contributed by atoms with E-state index >= 15 is 0 Å². The zero-order valence-corrected chi connectivity index (χ0v) is 13.4. The average Bonchev–Trinajstić information content (AvgIpc) is 2.49. The Balaban J connectivity index is 1.70. The van der Waals surface area contributed by atoms with Gasteiger partial charge in [-0.25, -0.2) is 4.39 Å². The van der Waals surface area contributed by atoms with Gasteiger partial charge in [-0.1, -0.05) is 24.3 Å². The zero-order chi connectivity index (χ0) is 15.9. The molecule has 2 aromatic rings. The molecule has 0 aromatic heterocycles. The Morgan fingerprint density at radius 2 is 1.77 bits per heavy atom. The molecular weight excluding hydrogens is 275 g/mol. The Morgan fingerprint density at radius 1 is 1.09 bits per heavy atom. The maximum absolute atomic E-state index is 13.2. The third-order valence-corrected chi connectivity index (χ3v) is 3.88. The van der Waals surface area contributed by atoms with Crippen molar-refractivity contribution in [1.29, 1.82) is 0 Å². The van der Waals surface area contributed by atoms with E-state index in [0.717, 1.165) is 31.5 Å². The van der Waals surface area contributed by atoms with Crippen molar-refractivity contribution < 1.29 is 4.39 Å². The Kier molecular flexibility index (Phi) is 5.96. The number of anilines is 1. The molecule has 1 atom stereocenters. The first kappa shape index (κ1) is 16.5. The molecule has 0 heterocycles. The SMILES string of the molecule is Cc1cc(CC(C)NCCCc2ccc(N)cc2)ccc1F. The standard InChI is InChI=1S/C19H25FN2/c1-14-12-17(7-10-19(14)20)13-15(2)22-11-3-4-16-5-8-18(21)9-6-16/h5-10,12,15,22H,3-4,11,13,21H2,1-2H3. The number of nitrogens with two attached hydrogens (primary N) is 1. The molecule has 0 saturated carbocycles. The van der Waals surface area contributed by atoms with Crippen molar-refractivity contribution in [2.75, 3.05) is 12.3 Å². The summed E-state index contributed by atoms with van der Waals surface area (Å²) in [6, 6.07) is 13.8. The van der Waals surface area contributed by atoms with Crippen LogP contribution in [0.4, 0.5) is 10.1 Å². The third-order valence-electron chi connectivity index (χ3n) is 3.88. The highest BCUT2D eigenvalue weighted by atomic mass is 19.1. The Morgan fingerprint density at radius 3 is 2.45 bits per heavy atom. The summed E-state index contributed by atoms with van der Waals surface area (Å²) >= 11 is 0. The topological polar surface area (TPSA) is 38.0 Å². The van der Waals surface area contributed by atoms with Gasteiger partial charge < -0.3 is 11.1 Å². The number of nitrogens with one attached hydrogen (secondary N) is 1. The molecule has 2 aromatic carbocycles. The molecule has 0 aliphatic rings. The van der Waals surface area contributed by atoms with E-state index in [4.69, 9.17) is 5.73 Å². The second kappa shape index (κ2) is 7.95. The van der Waals surface area contributed by atoms with Crippen LogP contribution in [0.15, 0.2) is 42.5 Å². The number of nitrogen functional groups attached to an aromatic ring is 1. The van der Waals surface area contributed by atoms with Crippen molar-refractivity contribution in [3.8, 4) is 0 Å². The lowest BCUT2D eigenvalue weighted by Crippen LogP contribution is -2.29. The molecule has 1 unspecified atom stereocenters. The van der Waals surface area contributed by atoms with Gasteiger partial charge in [0.1, 0.15) is 5.82 Å². The number of rotatable bonds is 7.